The molecule has 0 spiro atoms. The van der Waals surface area contributed by atoms with Crippen molar-refractivity contribution in [1.29, 1.82) is 0 Å². The zero-order chi connectivity index (χ0) is 14.3. The van der Waals surface area contributed by atoms with Crippen LogP contribution in [0.4, 0.5) is 0 Å². The first-order valence-corrected chi connectivity index (χ1v) is 7.63. The van der Waals surface area contributed by atoms with Gasteiger partial charge in [-0.1, -0.05) is 13.3 Å². The van der Waals surface area contributed by atoms with Gasteiger partial charge in [0.1, 0.15) is 0 Å². The van der Waals surface area contributed by atoms with Crippen LogP contribution in [0.5, 0.6) is 0 Å². The normalized spacial score (nSPS) is 18.6. The van der Waals surface area contributed by atoms with Gasteiger partial charge in [0, 0.05) is 13.6 Å². The molecule has 0 aromatic rings. The Kier molecular flexibility index (Phi) is 6.80. The predicted molar refractivity (Wildman–Crippen MR) is 80.3 cm³/mol. The van der Waals surface area contributed by atoms with Crippen LogP contribution in [0.15, 0.2) is 0 Å². The largest absolute Gasteiger partial charge is 0.345 e. The fourth-order valence-electron chi connectivity index (χ4n) is 3.09. The maximum Gasteiger partial charge on any atom is 0.228 e. The SMILES string of the molecule is CCCC1(C(=O)N(C)CCCN(C)C)CCNCC1. The van der Waals surface area contributed by atoms with Crippen molar-refractivity contribution < 1.29 is 4.79 Å². The number of carbonyl (C=O) groups excluding carboxylic acids is 1. The lowest BCUT2D eigenvalue weighted by atomic mass is 9.74. The summed E-state index contributed by atoms with van der Waals surface area (Å²) in [5, 5.41) is 3.37. The standard InChI is InChI=1S/C15H31N3O/c1-5-7-15(8-10-16-11-9-15)14(19)18(4)13-6-12-17(2)3/h16H,5-13H2,1-4H3. The van der Waals surface area contributed by atoms with E-state index < -0.39 is 0 Å². The molecule has 1 N–H and O–H groups in total. The van der Waals surface area contributed by atoms with Gasteiger partial charge in [-0.05, 0) is 59.4 Å². The highest BCUT2D eigenvalue weighted by molar-refractivity contribution is 5.82. The molecule has 0 bridgehead atoms. The number of hydrogen-bond donors (Lipinski definition) is 1. The molecule has 1 rings (SSSR count). The Morgan fingerprint density at radius 3 is 2.32 bits per heavy atom. The van der Waals surface area contributed by atoms with Crippen LogP contribution < -0.4 is 5.32 Å². The second-order valence-corrected chi connectivity index (χ2v) is 6.16. The maximum absolute atomic E-state index is 12.8. The Labute approximate surface area is 118 Å². The molecule has 4 nitrogen and oxygen atoms in total. The predicted octanol–water partition coefficient (Wildman–Crippen LogP) is 1.57. The van der Waals surface area contributed by atoms with Gasteiger partial charge in [0.05, 0.1) is 5.41 Å². The van der Waals surface area contributed by atoms with Crippen LogP contribution >= 0.6 is 0 Å². The number of hydrogen-bond acceptors (Lipinski definition) is 3. The van der Waals surface area contributed by atoms with Crippen molar-refractivity contribution in [1.82, 2.24) is 15.1 Å². The van der Waals surface area contributed by atoms with Gasteiger partial charge in [-0.3, -0.25) is 4.79 Å². The number of nitrogens with zero attached hydrogens (tertiary/aromatic N) is 2. The Morgan fingerprint density at radius 1 is 1.16 bits per heavy atom. The van der Waals surface area contributed by atoms with Crippen molar-refractivity contribution in [2.45, 2.75) is 39.0 Å². The third-order valence-electron chi connectivity index (χ3n) is 4.19. The minimum absolute atomic E-state index is 0.0904. The Hall–Kier alpha value is -0.610. The van der Waals surface area contributed by atoms with Gasteiger partial charge in [0.15, 0.2) is 0 Å². The van der Waals surface area contributed by atoms with E-state index >= 15 is 0 Å². The topological polar surface area (TPSA) is 35.6 Å². The quantitative estimate of drug-likeness (QED) is 0.762. The summed E-state index contributed by atoms with van der Waals surface area (Å²) in [4.78, 5) is 16.9. The van der Waals surface area contributed by atoms with Gasteiger partial charge in [0.2, 0.25) is 5.91 Å². The number of nitrogens with one attached hydrogen (secondary N) is 1. The average Bonchev–Trinajstić information content (AvgIpc) is 2.38. The van der Waals surface area contributed by atoms with E-state index in [2.05, 4.69) is 31.2 Å². The first-order chi connectivity index (χ1) is 9.02. The van der Waals surface area contributed by atoms with Gasteiger partial charge in [0.25, 0.3) is 0 Å². The molecule has 0 unspecified atom stereocenters. The molecule has 4 heteroatoms. The summed E-state index contributed by atoms with van der Waals surface area (Å²) in [6.07, 6.45) is 5.17. The van der Waals surface area contributed by atoms with Gasteiger partial charge in [-0.2, -0.15) is 0 Å². The Bertz CT molecular complexity index is 267. The third-order valence-corrected chi connectivity index (χ3v) is 4.19. The van der Waals surface area contributed by atoms with Crippen molar-refractivity contribution >= 4 is 5.91 Å². The summed E-state index contributed by atoms with van der Waals surface area (Å²) in [5.41, 5.74) is -0.0904. The third kappa shape index (κ3) is 4.77. The van der Waals surface area contributed by atoms with E-state index in [1.54, 1.807) is 0 Å². The first-order valence-electron chi connectivity index (χ1n) is 7.63. The van der Waals surface area contributed by atoms with E-state index in [9.17, 15) is 4.79 Å². The summed E-state index contributed by atoms with van der Waals surface area (Å²) in [7, 11) is 6.12. The number of piperidine rings is 1. The molecule has 19 heavy (non-hydrogen) atoms. The average molecular weight is 269 g/mol. The highest BCUT2D eigenvalue weighted by Crippen LogP contribution is 2.35. The van der Waals surface area contributed by atoms with Crippen LogP contribution in [0, 0.1) is 5.41 Å². The summed E-state index contributed by atoms with van der Waals surface area (Å²) >= 11 is 0. The summed E-state index contributed by atoms with van der Waals surface area (Å²) in [6.45, 7) is 6.06. The highest BCUT2D eigenvalue weighted by Gasteiger charge is 2.39. The van der Waals surface area contributed by atoms with Crippen LogP contribution in [0.25, 0.3) is 0 Å². The maximum atomic E-state index is 12.8. The van der Waals surface area contributed by atoms with Crippen molar-refractivity contribution in [2.24, 2.45) is 5.41 Å². The molecule has 0 saturated carbocycles. The van der Waals surface area contributed by atoms with Gasteiger partial charge >= 0.3 is 0 Å². The van der Waals surface area contributed by atoms with Crippen LogP contribution in [0.2, 0.25) is 0 Å². The molecule has 1 saturated heterocycles. The van der Waals surface area contributed by atoms with E-state index in [4.69, 9.17) is 0 Å². The molecule has 0 aromatic carbocycles. The monoisotopic (exact) mass is 269 g/mol. The number of amides is 1. The van der Waals surface area contributed by atoms with Crippen LogP contribution in [-0.2, 0) is 4.79 Å². The molecule has 0 atom stereocenters. The summed E-state index contributed by atoms with van der Waals surface area (Å²) in [6, 6.07) is 0. The second-order valence-electron chi connectivity index (χ2n) is 6.16. The molecule has 0 aliphatic carbocycles. The van der Waals surface area contributed by atoms with Gasteiger partial charge in [-0.25, -0.2) is 0 Å². The van der Waals surface area contributed by atoms with Crippen LogP contribution in [-0.4, -0.2) is 63.0 Å². The van der Waals surface area contributed by atoms with E-state index in [1.807, 2.05) is 11.9 Å². The second kappa shape index (κ2) is 7.85. The highest BCUT2D eigenvalue weighted by atomic mass is 16.2. The fraction of sp³-hybridized carbons (Fsp3) is 0.933. The Morgan fingerprint density at radius 2 is 1.79 bits per heavy atom. The molecule has 1 heterocycles. The van der Waals surface area contributed by atoms with Crippen molar-refractivity contribution in [3.8, 4) is 0 Å². The molecule has 0 radical (unpaired) electrons. The number of carbonyl (C=O) groups is 1. The molecule has 0 aromatic heterocycles. The molecule has 1 fully saturated rings. The summed E-state index contributed by atoms with van der Waals surface area (Å²) in [5.74, 6) is 0.370. The summed E-state index contributed by atoms with van der Waals surface area (Å²) < 4.78 is 0. The minimum atomic E-state index is -0.0904. The molecular formula is C15H31N3O. The van der Waals surface area contributed by atoms with E-state index in [0.717, 1.165) is 58.3 Å². The molecule has 1 aliphatic heterocycles. The fourth-order valence-corrected chi connectivity index (χ4v) is 3.09. The van der Waals surface area contributed by atoms with E-state index in [0.29, 0.717) is 5.91 Å². The van der Waals surface area contributed by atoms with Crippen molar-refractivity contribution in [3.05, 3.63) is 0 Å². The molecule has 1 aliphatic rings. The van der Waals surface area contributed by atoms with Crippen molar-refractivity contribution in [3.63, 3.8) is 0 Å². The lowest BCUT2D eigenvalue weighted by Gasteiger charge is -2.39. The lowest BCUT2D eigenvalue weighted by molar-refractivity contribution is -0.143. The minimum Gasteiger partial charge on any atom is -0.345 e. The first kappa shape index (κ1) is 16.4. The van der Waals surface area contributed by atoms with E-state index in [1.165, 1.54) is 0 Å². The Balaban J connectivity index is 2.55. The number of rotatable bonds is 7. The smallest absolute Gasteiger partial charge is 0.228 e. The lowest BCUT2D eigenvalue weighted by Crippen LogP contribution is -2.48. The van der Waals surface area contributed by atoms with Gasteiger partial charge < -0.3 is 15.1 Å². The zero-order valence-corrected chi connectivity index (χ0v) is 13.2. The molecule has 1 amide bonds. The van der Waals surface area contributed by atoms with Gasteiger partial charge in [-0.15, -0.1) is 0 Å². The van der Waals surface area contributed by atoms with Crippen molar-refractivity contribution in [2.75, 3.05) is 47.3 Å². The van der Waals surface area contributed by atoms with Crippen LogP contribution in [0.1, 0.15) is 39.0 Å². The molecular weight excluding hydrogens is 238 g/mol. The molecule has 112 valence electrons. The zero-order valence-electron chi connectivity index (χ0n) is 13.2. The van der Waals surface area contributed by atoms with Crippen LogP contribution in [0.3, 0.4) is 0 Å². The van der Waals surface area contributed by atoms with E-state index in [-0.39, 0.29) is 5.41 Å².